The number of aromatic hydroxyl groups is 1. The van der Waals surface area contributed by atoms with Gasteiger partial charge in [0.15, 0.2) is 0 Å². The third kappa shape index (κ3) is 2.77. The molecule has 1 amide bonds. The van der Waals surface area contributed by atoms with Gasteiger partial charge in [-0.25, -0.2) is 0 Å². The molecular formula is C17H12N2O4S. The first-order chi connectivity index (χ1) is 11.5. The lowest BCUT2D eigenvalue weighted by Crippen LogP contribution is -2.11. The van der Waals surface area contributed by atoms with Crippen molar-refractivity contribution >= 4 is 34.1 Å². The fourth-order valence-electron chi connectivity index (χ4n) is 2.41. The molecule has 24 heavy (non-hydrogen) atoms. The van der Waals surface area contributed by atoms with E-state index in [0.29, 0.717) is 20.6 Å². The molecule has 0 bridgehead atoms. The van der Waals surface area contributed by atoms with Gasteiger partial charge in [0.1, 0.15) is 5.75 Å². The highest BCUT2D eigenvalue weighted by Crippen LogP contribution is 2.41. The van der Waals surface area contributed by atoms with Crippen LogP contribution in [0.25, 0.3) is 10.8 Å². The van der Waals surface area contributed by atoms with Gasteiger partial charge in [-0.3, -0.25) is 14.9 Å². The summed E-state index contributed by atoms with van der Waals surface area (Å²) in [5.41, 5.74) is 5.28. The molecule has 0 fully saturated rings. The average molecular weight is 340 g/mol. The molecule has 3 rings (SSSR count). The second-order valence-corrected chi connectivity index (χ2v) is 6.09. The van der Waals surface area contributed by atoms with Crippen LogP contribution in [0, 0.1) is 10.1 Å². The van der Waals surface area contributed by atoms with Crippen LogP contribution in [0.1, 0.15) is 10.4 Å². The Kier molecular flexibility index (Phi) is 4.09. The quantitative estimate of drug-likeness (QED) is 0.556. The van der Waals surface area contributed by atoms with Crippen LogP contribution in [0.4, 0.5) is 5.69 Å². The molecule has 0 aromatic heterocycles. The van der Waals surface area contributed by atoms with Crippen molar-refractivity contribution in [1.82, 2.24) is 0 Å². The maximum atomic E-state index is 11.6. The summed E-state index contributed by atoms with van der Waals surface area (Å²) in [5.74, 6) is -0.951. The lowest BCUT2D eigenvalue weighted by Gasteiger charge is -2.11. The number of nitrogens with zero attached hydrogens (tertiary/aromatic N) is 1. The molecule has 0 saturated heterocycles. The van der Waals surface area contributed by atoms with Gasteiger partial charge in [-0.15, -0.1) is 0 Å². The Morgan fingerprint density at radius 1 is 1.04 bits per heavy atom. The molecule has 7 heteroatoms. The van der Waals surface area contributed by atoms with Crippen LogP contribution in [0.2, 0.25) is 0 Å². The van der Waals surface area contributed by atoms with Crippen molar-refractivity contribution < 1.29 is 14.8 Å². The van der Waals surface area contributed by atoms with Gasteiger partial charge in [0.25, 0.3) is 11.6 Å². The van der Waals surface area contributed by atoms with Crippen LogP contribution in [0.3, 0.4) is 0 Å². The van der Waals surface area contributed by atoms with Gasteiger partial charge in [-0.05, 0) is 17.5 Å². The predicted molar refractivity (Wildman–Crippen MR) is 91.4 cm³/mol. The minimum absolute atomic E-state index is 0.0187. The molecule has 0 aliphatic heterocycles. The minimum Gasteiger partial charge on any atom is -0.506 e. The fraction of sp³-hybridized carbons (Fsp3) is 0. The molecule has 0 spiro atoms. The van der Waals surface area contributed by atoms with E-state index in [1.54, 1.807) is 42.5 Å². The second-order valence-electron chi connectivity index (χ2n) is 5.01. The van der Waals surface area contributed by atoms with E-state index in [1.807, 2.05) is 0 Å². The number of rotatable bonds is 4. The van der Waals surface area contributed by atoms with Crippen LogP contribution >= 0.6 is 11.8 Å². The summed E-state index contributed by atoms with van der Waals surface area (Å²) in [6.07, 6.45) is 0. The largest absolute Gasteiger partial charge is 0.506 e. The number of para-hydroxylation sites is 1. The summed E-state index contributed by atoms with van der Waals surface area (Å²) in [6, 6.07) is 14.8. The Balaban J connectivity index is 2.22. The van der Waals surface area contributed by atoms with E-state index in [9.17, 15) is 20.0 Å². The van der Waals surface area contributed by atoms with Crippen molar-refractivity contribution in [1.29, 1.82) is 0 Å². The summed E-state index contributed by atoms with van der Waals surface area (Å²) in [7, 11) is 0. The normalized spacial score (nSPS) is 10.7. The van der Waals surface area contributed by atoms with E-state index in [4.69, 9.17) is 5.73 Å². The molecule has 0 radical (unpaired) electrons. The van der Waals surface area contributed by atoms with Crippen LogP contribution in [-0.2, 0) is 0 Å². The highest BCUT2D eigenvalue weighted by Gasteiger charge is 2.19. The summed E-state index contributed by atoms with van der Waals surface area (Å²) >= 11 is 1.15. The van der Waals surface area contributed by atoms with Crippen LogP contribution < -0.4 is 5.73 Å². The number of carbonyl (C=O) groups is 1. The molecule has 120 valence electrons. The van der Waals surface area contributed by atoms with Gasteiger partial charge in [-0.1, -0.05) is 48.2 Å². The summed E-state index contributed by atoms with van der Waals surface area (Å²) in [5, 5.41) is 22.6. The van der Waals surface area contributed by atoms with Gasteiger partial charge in [0.2, 0.25) is 0 Å². The zero-order valence-electron chi connectivity index (χ0n) is 12.3. The van der Waals surface area contributed by atoms with Crippen molar-refractivity contribution in [3.8, 4) is 5.75 Å². The molecule has 0 aliphatic rings. The Hall–Kier alpha value is -3.06. The number of benzene rings is 3. The minimum atomic E-state index is -0.761. The van der Waals surface area contributed by atoms with Gasteiger partial charge in [0.05, 0.1) is 15.4 Å². The van der Waals surface area contributed by atoms with Gasteiger partial charge >= 0.3 is 0 Å². The first kappa shape index (κ1) is 15.8. The van der Waals surface area contributed by atoms with E-state index in [0.717, 1.165) is 11.8 Å². The van der Waals surface area contributed by atoms with Crippen molar-refractivity contribution in [3.05, 3.63) is 70.3 Å². The maximum Gasteiger partial charge on any atom is 0.283 e. The topological polar surface area (TPSA) is 106 Å². The number of fused-ring (bicyclic) bond motifs is 1. The van der Waals surface area contributed by atoms with Gasteiger partial charge in [0, 0.05) is 16.3 Å². The summed E-state index contributed by atoms with van der Waals surface area (Å²) in [4.78, 5) is 23.4. The third-order valence-corrected chi connectivity index (χ3v) is 4.65. The second kappa shape index (κ2) is 6.21. The van der Waals surface area contributed by atoms with Gasteiger partial charge in [-0.2, -0.15) is 0 Å². The highest BCUT2D eigenvalue weighted by atomic mass is 32.2. The molecule has 0 saturated carbocycles. The molecule has 0 heterocycles. The van der Waals surface area contributed by atoms with E-state index < -0.39 is 10.8 Å². The number of nitro benzene ring substituents is 1. The number of hydrogen-bond acceptors (Lipinski definition) is 5. The first-order valence-electron chi connectivity index (χ1n) is 6.95. The first-order valence-corrected chi connectivity index (χ1v) is 7.76. The lowest BCUT2D eigenvalue weighted by molar-refractivity contribution is -0.387. The molecule has 3 aromatic carbocycles. The molecule has 3 aromatic rings. The molecule has 0 aliphatic carbocycles. The number of nitro groups is 1. The standard InChI is InChI=1S/C17H12N2O4S/c18-17(21)12-9-15(10-5-1-2-6-11(10)16(12)20)24-14-8-4-3-7-13(14)19(22)23/h1-9,20H,(H2,18,21). The number of nitrogens with two attached hydrogens (primary N) is 1. The zero-order chi connectivity index (χ0) is 17.3. The lowest BCUT2D eigenvalue weighted by atomic mass is 10.0. The third-order valence-electron chi connectivity index (χ3n) is 3.53. The van der Waals surface area contributed by atoms with Crippen molar-refractivity contribution in [3.63, 3.8) is 0 Å². The van der Waals surface area contributed by atoms with E-state index in [2.05, 4.69) is 0 Å². The Bertz CT molecular complexity index is 972. The Labute approximate surface area is 141 Å². The summed E-state index contributed by atoms with van der Waals surface area (Å²) in [6.45, 7) is 0. The monoisotopic (exact) mass is 340 g/mol. The van der Waals surface area contributed by atoms with Gasteiger partial charge < -0.3 is 10.8 Å². The molecule has 0 atom stereocenters. The maximum absolute atomic E-state index is 11.6. The SMILES string of the molecule is NC(=O)c1cc(Sc2ccccc2[N+](=O)[O-])c2ccccc2c1O. The Morgan fingerprint density at radius 2 is 1.67 bits per heavy atom. The van der Waals surface area contributed by atoms with Crippen LogP contribution in [-0.4, -0.2) is 15.9 Å². The average Bonchev–Trinajstić information content (AvgIpc) is 2.57. The van der Waals surface area contributed by atoms with Crippen molar-refractivity contribution in [2.75, 3.05) is 0 Å². The molecule has 3 N–H and O–H groups in total. The van der Waals surface area contributed by atoms with Crippen molar-refractivity contribution in [2.45, 2.75) is 9.79 Å². The number of amides is 1. The smallest absolute Gasteiger partial charge is 0.283 e. The number of carbonyl (C=O) groups excluding carboxylic acids is 1. The van der Waals surface area contributed by atoms with Crippen LogP contribution in [0.15, 0.2) is 64.4 Å². The number of phenols is 1. The Morgan fingerprint density at radius 3 is 2.33 bits per heavy atom. The highest BCUT2D eigenvalue weighted by molar-refractivity contribution is 7.99. The number of primary amides is 1. The predicted octanol–water partition coefficient (Wildman–Crippen LogP) is 3.70. The zero-order valence-corrected chi connectivity index (χ0v) is 13.1. The molecule has 0 unspecified atom stereocenters. The van der Waals surface area contributed by atoms with Crippen LogP contribution in [0.5, 0.6) is 5.75 Å². The summed E-state index contributed by atoms with van der Waals surface area (Å²) < 4.78 is 0. The fourth-order valence-corrected chi connectivity index (χ4v) is 3.51. The van der Waals surface area contributed by atoms with E-state index >= 15 is 0 Å². The molecular weight excluding hydrogens is 328 g/mol. The van der Waals surface area contributed by atoms with Crippen molar-refractivity contribution in [2.24, 2.45) is 5.73 Å². The van der Waals surface area contributed by atoms with E-state index in [1.165, 1.54) is 12.1 Å². The molecule has 6 nitrogen and oxygen atoms in total. The van der Waals surface area contributed by atoms with E-state index in [-0.39, 0.29) is 17.0 Å². The number of hydrogen-bond donors (Lipinski definition) is 2.